The Labute approximate surface area is 263 Å². The first-order valence-corrected chi connectivity index (χ1v) is 15.6. The van der Waals surface area contributed by atoms with Crippen LogP contribution in [0.3, 0.4) is 0 Å². The number of hydrogen-bond acceptors (Lipinski definition) is 4. The molecule has 3 rings (SSSR count). The Morgan fingerprint density at radius 3 is 2.16 bits per heavy atom. The summed E-state index contributed by atoms with van der Waals surface area (Å²) in [6, 6.07) is 12.2. The van der Waals surface area contributed by atoms with E-state index in [1.165, 1.54) is 43.3 Å². The molecule has 0 unspecified atom stereocenters. The number of nitrogens with zero attached hydrogens (tertiary/aromatic N) is 2. The lowest BCUT2D eigenvalue weighted by Gasteiger charge is -2.33. The Bertz CT molecular complexity index is 1570. The summed E-state index contributed by atoms with van der Waals surface area (Å²) in [5.74, 6) is -1.42. The van der Waals surface area contributed by atoms with Gasteiger partial charge in [-0.15, -0.1) is 0 Å². The fourth-order valence-corrected chi connectivity index (χ4v) is 6.18. The summed E-state index contributed by atoms with van der Waals surface area (Å²) in [5.41, 5.74) is -1.33. The van der Waals surface area contributed by atoms with Crippen LogP contribution in [-0.2, 0) is 32.3 Å². The third kappa shape index (κ3) is 8.56. The number of sulfonamides is 1. The van der Waals surface area contributed by atoms with Gasteiger partial charge in [-0.3, -0.25) is 13.9 Å². The van der Waals surface area contributed by atoms with Crippen LogP contribution in [0.2, 0.25) is 15.1 Å². The average molecular weight is 679 g/mol. The SMILES string of the molecule is CC[C@@H](C)NC(=O)[C@H](C)N(Cc1ccc(Cl)cc1Cl)C(=O)CN(c1cc(C(F)(F)F)ccc1Cl)S(=O)(=O)c1ccccc1. The highest BCUT2D eigenvalue weighted by Crippen LogP contribution is 2.37. The molecular weight excluding hydrogens is 650 g/mol. The van der Waals surface area contributed by atoms with Crippen LogP contribution in [0.5, 0.6) is 0 Å². The van der Waals surface area contributed by atoms with Crippen LogP contribution in [0.25, 0.3) is 0 Å². The molecule has 1 N–H and O–H groups in total. The van der Waals surface area contributed by atoms with Gasteiger partial charge in [-0.2, -0.15) is 13.2 Å². The van der Waals surface area contributed by atoms with Gasteiger partial charge in [0.05, 0.1) is 21.2 Å². The van der Waals surface area contributed by atoms with Crippen molar-refractivity contribution in [3.05, 3.63) is 92.9 Å². The van der Waals surface area contributed by atoms with Crippen molar-refractivity contribution >= 4 is 62.3 Å². The zero-order chi connectivity index (χ0) is 32.1. The number of anilines is 1. The van der Waals surface area contributed by atoms with Crippen molar-refractivity contribution in [1.29, 1.82) is 0 Å². The lowest BCUT2D eigenvalue weighted by atomic mass is 10.1. The molecule has 0 radical (unpaired) electrons. The van der Waals surface area contributed by atoms with Crippen molar-refractivity contribution in [2.75, 3.05) is 10.8 Å². The molecule has 0 aliphatic carbocycles. The molecule has 0 aliphatic rings. The Kier molecular flexibility index (Phi) is 11.4. The molecule has 3 aromatic rings. The number of halogens is 6. The quantitative estimate of drug-likeness (QED) is 0.233. The first-order valence-electron chi connectivity index (χ1n) is 13.0. The fraction of sp³-hybridized carbons (Fsp3) is 0.310. The van der Waals surface area contributed by atoms with Gasteiger partial charge in [0.1, 0.15) is 12.6 Å². The summed E-state index contributed by atoms with van der Waals surface area (Å²) in [6.07, 6.45) is -4.22. The largest absolute Gasteiger partial charge is 0.416 e. The number of rotatable bonds is 11. The van der Waals surface area contributed by atoms with Crippen molar-refractivity contribution in [2.45, 2.75) is 56.9 Å². The average Bonchev–Trinajstić information content (AvgIpc) is 2.95. The maximum Gasteiger partial charge on any atom is 0.416 e. The van der Waals surface area contributed by atoms with Crippen LogP contribution in [0, 0.1) is 0 Å². The van der Waals surface area contributed by atoms with E-state index in [9.17, 15) is 31.2 Å². The summed E-state index contributed by atoms with van der Waals surface area (Å²) >= 11 is 18.6. The highest BCUT2D eigenvalue weighted by molar-refractivity contribution is 7.92. The Morgan fingerprint density at radius 2 is 1.58 bits per heavy atom. The highest BCUT2D eigenvalue weighted by atomic mass is 35.5. The molecule has 2 amide bonds. The molecule has 0 aliphatic heterocycles. The molecule has 0 saturated carbocycles. The minimum Gasteiger partial charge on any atom is -0.352 e. The van der Waals surface area contributed by atoms with Crippen molar-refractivity contribution in [3.8, 4) is 0 Å². The minimum absolute atomic E-state index is 0.189. The second kappa shape index (κ2) is 14.2. The van der Waals surface area contributed by atoms with Gasteiger partial charge in [-0.25, -0.2) is 8.42 Å². The van der Waals surface area contributed by atoms with Gasteiger partial charge in [0.25, 0.3) is 10.0 Å². The number of benzene rings is 3. The maximum absolute atomic E-state index is 14.0. The smallest absolute Gasteiger partial charge is 0.352 e. The van der Waals surface area contributed by atoms with Gasteiger partial charge in [-0.05, 0) is 68.3 Å². The normalized spacial score (nSPS) is 13.2. The molecule has 0 saturated heterocycles. The standard InChI is InChI=1S/C29H29Cl3F3N3O4S/c1-4-18(2)36-28(40)19(3)37(16-20-10-12-22(30)15-25(20)32)27(39)17-38(43(41,42)23-8-6-5-7-9-23)26-14-21(29(33,34)35)11-13-24(26)31/h5-15,18-19H,4,16-17H2,1-3H3,(H,36,40)/t18-,19+/m1/s1. The van der Waals surface area contributed by atoms with E-state index >= 15 is 0 Å². The van der Waals surface area contributed by atoms with Crippen LogP contribution in [0.1, 0.15) is 38.3 Å². The third-order valence-electron chi connectivity index (χ3n) is 6.68. The van der Waals surface area contributed by atoms with Crippen LogP contribution >= 0.6 is 34.8 Å². The molecule has 14 heteroatoms. The van der Waals surface area contributed by atoms with E-state index in [-0.39, 0.29) is 27.5 Å². The number of hydrogen-bond donors (Lipinski definition) is 1. The van der Waals surface area contributed by atoms with Gasteiger partial charge in [0, 0.05) is 22.6 Å². The van der Waals surface area contributed by atoms with Crippen molar-refractivity contribution in [3.63, 3.8) is 0 Å². The number of nitrogens with one attached hydrogen (secondary N) is 1. The number of carbonyl (C=O) groups excluding carboxylic acids is 2. The topological polar surface area (TPSA) is 86.8 Å². The molecule has 0 bridgehead atoms. The first-order chi connectivity index (χ1) is 20.1. The molecule has 0 aromatic heterocycles. The second-order valence-electron chi connectivity index (χ2n) is 9.74. The molecule has 43 heavy (non-hydrogen) atoms. The maximum atomic E-state index is 14.0. The molecule has 232 valence electrons. The predicted molar refractivity (Wildman–Crippen MR) is 162 cm³/mol. The molecule has 7 nitrogen and oxygen atoms in total. The van der Waals surface area contributed by atoms with Crippen LogP contribution in [0.15, 0.2) is 71.6 Å². The summed E-state index contributed by atoms with van der Waals surface area (Å²) in [4.78, 5) is 27.9. The summed E-state index contributed by atoms with van der Waals surface area (Å²) in [5, 5.41) is 2.96. The van der Waals surface area contributed by atoms with E-state index < -0.39 is 51.9 Å². The van der Waals surface area contributed by atoms with Crippen LogP contribution in [-0.4, -0.2) is 43.8 Å². The Hall–Kier alpha value is -2.99. The van der Waals surface area contributed by atoms with Crippen LogP contribution < -0.4 is 9.62 Å². The Morgan fingerprint density at radius 1 is 0.930 bits per heavy atom. The zero-order valence-corrected chi connectivity index (χ0v) is 26.4. The van der Waals surface area contributed by atoms with E-state index in [1.54, 1.807) is 19.1 Å². The lowest BCUT2D eigenvalue weighted by Crippen LogP contribution is -2.52. The van der Waals surface area contributed by atoms with Gasteiger partial charge < -0.3 is 10.2 Å². The number of carbonyl (C=O) groups is 2. The summed E-state index contributed by atoms with van der Waals surface area (Å²) in [7, 11) is -4.63. The van der Waals surface area contributed by atoms with Gasteiger partial charge in [0.15, 0.2) is 0 Å². The first kappa shape index (κ1) is 34.5. The number of amides is 2. The molecule has 0 heterocycles. The van der Waals surface area contributed by atoms with E-state index in [0.29, 0.717) is 33.4 Å². The molecule has 2 atom stereocenters. The third-order valence-corrected chi connectivity index (χ3v) is 9.36. The van der Waals surface area contributed by atoms with Crippen molar-refractivity contribution in [2.24, 2.45) is 0 Å². The molecular formula is C29H29Cl3F3N3O4S. The van der Waals surface area contributed by atoms with E-state index in [1.807, 2.05) is 6.92 Å². The molecule has 3 aromatic carbocycles. The van der Waals surface area contributed by atoms with Gasteiger partial charge in [-0.1, -0.05) is 66.0 Å². The zero-order valence-electron chi connectivity index (χ0n) is 23.3. The van der Waals surface area contributed by atoms with E-state index in [0.717, 1.165) is 11.0 Å². The van der Waals surface area contributed by atoms with E-state index in [2.05, 4.69) is 5.32 Å². The monoisotopic (exact) mass is 677 g/mol. The molecule has 0 fully saturated rings. The lowest BCUT2D eigenvalue weighted by molar-refractivity contribution is -0.139. The van der Waals surface area contributed by atoms with E-state index in [4.69, 9.17) is 34.8 Å². The van der Waals surface area contributed by atoms with Gasteiger partial charge in [0.2, 0.25) is 11.8 Å². The summed E-state index contributed by atoms with van der Waals surface area (Å²) in [6.45, 7) is 3.87. The fourth-order valence-electron chi connectivity index (χ4n) is 3.99. The highest BCUT2D eigenvalue weighted by Gasteiger charge is 2.36. The second-order valence-corrected chi connectivity index (χ2v) is 12.9. The predicted octanol–water partition coefficient (Wildman–Crippen LogP) is 7.19. The van der Waals surface area contributed by atoms with Crippen molar-refractivity contribution < 1.29 is 31.2 Å². The van der Waals surface area contributed by atoms with Crippen molar-refractivity contribution in [1.82, 2.24) is 10.2 Å². The number of alkyl halides is 3. The van der Waals surface area contributed by atoms with Gasteiger partial charge >= 0.3 is 6.18 Å². The minimum atomic E-state index is -4.83. The molecule has 0 spiro atoms. The Balaban J connectivity index is 2.14. The van der Waals surface area contributed by atoms with Crippen LogP contribution in [0.4, 0.5) is 18.9 Å². The summed E-state index contributed by atoms with van der Waals surface area (Å²) < 4.78 is 69.2.